The molecule has 112 valence electrons. The smallest absolute Gasteiger partial charge is 0.146 e. The van der Waals surface area contributed by atoms with Crippen LogP contribution in [0.15, 0.2) is 36.4 Å². The highest BCUT2D eigenvalue weighted by atomic mass is 35.5. The molecule has 0 N–H and O–H groups in total. The molecule has 1 unspecified atom stereocenters. The molecular formula is C16H16Cl2O3. The van der Waals surface area contributed by atoms with E-state index in [0.717, 1.165) is 16.9 Å². The number of alkyl halides is 1. The summed E-state index contributed by atoms with van der Waals surface area (Å²) in [5.74, 6) is 1.85. The molecule has 1 atom stereocenters. The second-order valence-electron chi connectivity index (χ2n) is 4.34. The summed E-state index contributed by atoms with van der Waals surface area (Å²) in [6.45, 7) is 0. The van der Waals surface area contributed by atoms with Crippen LogP contribution in [0.2, 0.25) is 5.02 Å². The Morgan fingerprint density at radius 3 is 2.05 bits per heavy atom. The van der Waals surface area contributed by atoms with Crippen LogP contribution >= 0.6 is 23.2 Å². The Morgan fingerprint density at radius 2 is 1.52 bits per heavy atom. The minimum atomic E-state index is -0.380. The van der Waals surface area contributed by atoms with Crippen molar-refractivity contribution in [1.29, 1.82) is 0 Å². The lowest BCUT2D eigenvalue weighted by Gasteiger charge is -2.17. The molecule has 21 heavy (non-hydrogen) atoms. The zero-order valence-corrected chi connectivity index (χ0v) is 13.5. The van der Waals surface area contributed by atoms with Crippen LogP contribution in [0.5, 0.6) is 17.2 Å². The first-order chi connectivity index (χ1) is 10.1. The van der Waals surface area contributed by atoms with Gasteiger partial charge in [0.05, 0.1) is 26.7 Å². The highest BCUT2D eigenvalue weighted by Gasteiger charge is 2.20. The molecule has 0 saturated heterocycles. The van der Waals surface area contributed by atoms with Crippen LogP contribution in [0.3, 0.4) is 0 Å². The van der Waals surface area contributed by atoms with Crippen molar-refractivity contribution in [2.24, 2.45) is 0 Å². The second kappa shape index (κ2) is 6.92. The van der Waals surface area contributed by atoms with E-state index in [2.05, 4.69) is 0 Å². The maximum absolute atomic E-state index is 6.56. The van der Waals surface area contributed by atoms with E-state index in [9.17, 15) is 0 Å². The molecule has 2 aromatic rings. The van der Waals surface area contributed by atoms with Crippen molar-refractivity contribution in [2.45, 2.75) is 5.38 Å². The molecule has 0 aliphatic rings. The third-order valence-electron chi connectivity index (χ3n) is 3.20. The summed E-state index contributed by atoms with van der Waals surface area (Å²) in [6.07, 6.45) is 0. The van der Waals surface area contributed by atoms with Crippen molar-refractivity contribution >= 4 is 23.2 Å². The summed E-state index contributed by atoms with van der Waals surface area (Å²) in [4.78, 5) is 0. The Balaban J connectivity index is 2.42. The van der Waals surface area contributed by atoms with Crippen molar-refractivity contribution in [3.63, 3.8) is 0 Å². The quantitative estimate of drug-likeness (QED) is 0.746. The van der Waals surface area contributed by atoms with Gasteiger partial charge in [-0.2, -0.15) is 0 Å². The van der Waals surface area contributed by atoms with Crippen LogP contribution < -0.4 is 14.2 Å². The fourth-order valence-corrected chi connectivity index (χ4v) is 2.71. The molecule has 0 radical (unpaired) electrons. The summed E-state index contributed by atoms with van der Waals surface area (Å²) < 4.78 is 15.7. The third kappa shape index (κ3) is 3.20. The molecule has 0 heterocycles. The zero-order chi connectivity index (χ0) is 15.4. The van der Waals surface area contributed by atoms with Crippen LogP contribution in [-0.2, 0) is 0 Å². The van der Waals surface area contributed by atoms with Crippen molar-refractivity contribution in [3.8, 4) is 17.2 Å². The first-order valence-electron chi connectivity index (χ1n) is 6.30. The largest absolute Gasteiger partial charge is 0.497 e. The van der Waals surface area contributed by atoms with Gasteiger partial charge in [-0.1, -0.05) is 23.7 Å². The Bertz CT molecular complexity index is 612. The predicted molar refractivity (Wildman–Crippen MR) is 85.2 cm³/mol. The van der Waals surface area contributed by atoms with Crippen molar-refractivity contribution in [2.75, 3.05) is 21.3 Å². The molecule has 0 aliphatic heterocycles. The van der Waals surface area contributed by atoms with Gasteiger partial charge in [-0.15, -0.1) is 11.6 Å². The average Bonchev–Trinajstić information content (AvgIpc) is 2.54. The number of ether oxygens (including phenoxy) is 3. The predicted octanol–water partition coefficient (Wildman–Crippen LogP) is 4.69. The van der Waals surface area contributed by atoms with Gasteiger partial charge in [0.15, 0.2) is 0 Å². The molecule has 0 fully saturated rings. The number of benzene rings is 2. The minimum Gasteiger partial charge on any atom is -0.497 e. The topological polar surface area (TPSA) is 27.7 Å². The van der Waals surface area contributed by atoms with Crippen LogP contribution in [-0.4, -0.2) is 21.3 Å². The van der Waals surface area contributed by atoms with E-state index in [1.807, 2.05) is 30.3 Å². The van der Waals surface area contributed by atoms with E-state index in [4.69, 9.17) is 37.4 Å². The standard InChI is InChI=1S/C16H16Cl2O3/c1-19-11-6-4-10(5-7-11)14(17)12-8-9-13(20-2)15(18)16(12)21-3/h4-9,14H,1-3H3. The maximum atomic E-state index is 6.56. The van der Waals surface area contributed by atoms with E-state index in [1.54, 1.807) is 27.4 Å². The van der Waals surface area contributed by atoms with Gasteiger partial charge in [-0.3, -0.25) is 0 Å². The van der Waals surface area contributed by atoms with Crippen molar-refractivity contribution < 1.29 is 14.2 Å². The van der Waals surface area contributed by atoms with Gasteiger partial charge in [0.25, 0.3) is 0 Å². The lowest BCUT2D eigenvalue weighted by Crippen LogP contribution is -1.99. The molecule has 3 nitrogen and oxygen atoms in total. The van der Waals surface area contributed by atoms with Gasteiger partial charge in [-0.05, 0) is 29.8 Å². The summed E-state index contributed by atoms with van der Waals surface area (Å²) in [7, 11) is 4.74. The Hall–Kier alpha value is -1.58. The van der Waals surface area contributed by atoms with Gasteiger partial charge in [0, 0.05) is 5.56 Å². The van der Waals surface area contributed by atoms with Gasteiger partial charge in [-0.25, -0.2) is 0 Å². The molecule has 0 aromatic heterocycles. The molecule has 0 bridgehead atoms. The Morgan fingerprint density at radius 1 is 0.857 bits per heavy atom. The summed E-state index contributed by atoms with van der Waals surface area (Å²) in [6, 6.07) is 11.2. The Labute approximate surface area is 134 Å². The van der Waals surface area contributed by atoms with E-state index >= 15 is 0 Å². The SMILES string of the molecule is COc1ccc(C(Cl)c2ccc(OC)c(Cl)c2OC)cc1. The molecule has 5 heteroatoms. The average molecular weight is 327 g/mol. The Kier molecular flexibility index (Phi) is 5.21. The fraction of sp³-hybridized carbons (Fsp3) is 0.250. The maximum Gasteiger partial charge on any atom is 0.146 e. The number of methoxy groups -OCH3 is 3. The van der Waals surface area contributed by atoms with Gasteiger partial charge >= 0.3 is 0 Å². The third-order valence-corrected chi connectivity index (χ3v) is 4.04. The van der Waals surface area contributed by atoms with Crippen LogP contribution in [0.4, 0.5) is 0 Å². The molecular weight excluding hydrogens is 311 g/mol. The van der Waals surface area contributed by atoms with Crippen LogP contribution in [0.25, 0.3) is 0 Å². The molecule has 0 saturated carbocycles. The fourth-order valence-electron chi connectivity index (χ4n) is 2.07. The van der Waals surface area contributed by atoms with Crippen LogP contribution in [0.1, 0.15) is 16.5 Å². The minimum absolute atomic E-state index is 0.380. The molecule has 0 aliphatic carbocycles. The second-order valence-corrected chi connectivity index (χ2v) is 5.15. The van der Waals surface area contributed by atoms with Gasteiger partial charge in [0.1, 0.15) is 22.3 Å². The molecule has 2 rings (SSSR count). The number of hydrogen-bond donors (Lipinski definition) is 0. The van der Waals surface area contributed by atoms with Gasteiger partial charge < -0.3 is 14.2 Å². The van der Waals surface area contributed by atoms with E-state index < -0.39 is 0 Å². The number of hydrogen-bond acceptors (Lipinski definition) is 3. The molecule has 2 aromatic carbocycles. The summed E-state index contributed by atoms with van der Waals surface area (Å²) in [5, 5.41) is 0.0333. The van der Waals surface area contributed by atoms with Gasteiger partial charge in [0.2, 0.25) is 0 Å². The van der Waals surface area contributed by atoms with Crippen LogP contribution in [0, 0.1) is 0 Å². The summed E-state index contributed by atoms with van der Waals surface area (Å²) in [5.41, 5.74) is 1.71. The lowest BCUT2D eigenvalue weighted by molar-refractivity contribution is 0.392. The highest BCUT2D eigenvalue weighted by molar-refractivity contribution is 6.34. The van der Waals surface area contributed by atoms with E-state index in [1.165, 1.54) is 0 Å². The first-order valence-corrected chi connectivity index (χ1v) is 7.12. The summed E-state index contributed by atoms with van der Waals surface area (Å²) >= 11 is 12.8. The normalized spacial score (nSPS) is 11.9. The van der Waals surface area contributed by atoms with Crippen molar-refractivity contribution in [3.05, 3.63) is 52.5 Å². The highest BCUT2D eigenvalue weighted by Crippen LogP contribution is 2.43. The molecule has 0 spiro atoms. The number of halogens is 2. The van der Waals surface area contributed by atoms with E-state index in [0.29, 0.717) is 16.5 Å². The number of rotatable bonds is 5. The first kappa shape index (κ1) is 15.8. The van der Waals surface area contributed by atoms with E-state index in [-0.39, 0.29) is 5.38 Å². The lowest BCUT2D eigenvalue weighted by atomic mass is 10.0. The monoisotopic (exact) mass is 326 g/mol. The molecule has 0 amide bonds. The zero-order valence-electron chi connectivity index (χ0n) is 12.0. The van der Waals surface area contributed by atoms with Crippen molar-refractivity contribution in [1.82, 2.24) is 0 Å².